The van der Waals surface area contributed by atoms with Crippen LogP contribution in [-0.4, -0.2) is 14.1 Å². The molecule has 23 heavy (non-hydrogen) atoms. The summed E-state index contributed by atoms with van der Waals surface area (Å²) in [5.41, 5.74) is 0. The van der Waals surface area contributed by atoms with Crippen molar-refractivity contribution in [3.05, 3.63) is 24.8 Å². The molecule has 0 saturated heterocycles. The van der Waals surface area contributed by atoms with Crippen molar-refractivity contribution in [1.82, 2.24) is 14.1 Å². The van der Waals surface area contributed by atoms with E-state index in [1.165, 1.54) is 5.82 Å². The molecule has 0 N–H and O–H groups in total. The van der Waals surface area contributed by atoms with E-state index in [0.717, 1.165) is 25.5 Å². The second-order valence-electron chi connectivity index (χ2n) is 4.69. The van der Waals surface area contributed by atoms with Crippen molar-refractivity contribution in [2.75, 3.05) is 0 Å². The fraction of sp³-hybridized carbons (Fsp3) is 0.500. The fourth-order valence-corrected chi connectivity index (χ4v) is 2.00. The summed E-state index contributed by atoms with van der Waals surface area (Å²) in [5, 5.41) is 0. The molecule has 2 heterocycles. The fourth-order valence-electron chi connectivity index (χ4n) is 2.00. The number of hydrogen-bond donors (Lipinski definition) is 0. The standard InChI is InChI=1S/C12H19N4.F6P/c1-4-14-8-7-13-11(14)12-15(5-2)9-10-16(12)6-3;1-7(2,3,4,5)6/h7-10H,4-6H2,1-3H3;/q+1;-1. The molecule has 0 unspecified atom stereocenters. The Morgan fingerprint density at radius 3 is 1.91 bits per heavy atom. The van der Waals surface area contributed by atoms with E-state index in [-0.39, 0.29) is 0 Å². The Morgan fingerprint density at radius 1 is 0.957 bits per heavy atom. The molecule has 0 fully saturated rings. The average Bonchev–Trinajstić information content (AvgIpc) is 2.99. The quantitative estimate of drug-likeness (QED) is 0.422. The normalized spacial score (nSPS) is 14.7. The minimum atomic E-state index is -10.7. The van der Waals surface area contributed by atoms with Crippen LogP contribution in [-0.2, 0) is 19.6 Å². The summed E-state index contributed by atoms with van der Waals surface area (Å²) in [4.78, 5) is 4.47. The van der Waals surface area contributed by atoms with Crippen molar-refractivity contribution >= 4 is 7.81 Å². The van der Waals surface area contributed by atoms with Crippen LogP contribution in [0, 0.1) is 0 Å². The first-order valence-electron chi connectivity index (χ1n) is 6.93. The van der Waals surface area contributed by atoms with Crippen molar-refractivity contribution in [2.45, 2.75) is 40.4 Å². The SMILES string of the molecule is CCn1ccnc1-c1n(CC)cc[n+]1CC.F[P-](F)(F)(F)(F)F. The van der Waals surface area contributed by atoms with Gasteiger partial charge in [-0.15, -0.1) is 0 Å². The molecule has 134 valence electrons. The number of rotatable bonds is 4. The van der Waals surface area contributed by atoms with Crippen molar-refractivity contribution < 1.29 is 29.7 Å². The van der Waals surface area contributed by atoms with E-state index < -0.39 is 7.81 Å². The van der Waals surface area contributed by atoms with Gasteiger partial charge in [0.2, 0.25) is 5.82 Å². The van der Waals surface area contributed by atoms with E-state index in [2.05, 4.69) is 51.9 Å². The van der Waals surface area contributed by atoms with E-state index in [4.69, 9.17) is 0 Å². The summed E-state index contributed by atoms with van der Waals surface area (Å²) in [6.45, 7) is 9.35. The number of hydrogen-bond acceptors (Lipinski definition) is 1. The third kappa shape index (κ3) is 7.02. The summed E-state index contributed by atoms with van der Waals surface area (Å²) < 4.78 is 65.8. The van der Waals surface area contributed by atoms with Gasteiger partial charge in [0.25, 0.3) is 0 Å². The molecule has 0 atom stereocenters. The Kier molecular flexibility index (Phi) is 4.92. The molecule has 0 aromatic carbocycles. The van der Waals surface area contributed by atoms with Gasteiger partial charge in [0.15, 0.2) is 0 Å². The zero-order chi connectivity index (χ0) is 18.0. The summed E-state index contributed by atoms with van der Waals surface area (Å²) >= 11 is 0. The van der Waals surface area contributed by atoms with Crippen molar-refractivity contribution in [3.63, 3.8) is 0 Å². The molecule has 0 spiro atoms. The molecule has 0 saturated carbocycles. The molecule has 0 radical (unpaired) electrons. The summed E-state index contributed by atoms with van der Waals surface area (Å²) in [7, 11) is -10.7. The van der Waals surface area contributed by atoms with Crippen LogP contribution in [0.2, 0.25) is 0 Å². The predicted octanol–water partition coefficient (Wildman–Crippen LogP) is 5.08. The molecule has 0 aliphatic heterocycles. The Morgan fingerprint density at radius 2 is 1.48 bits per heavy atom. The van der Waals surface area contributed by atoms with Crippen molar-refractivity contribution in [3.8, 4) is 11.6 Å². The van der Waals surface area contributed by atoms with Gasteiger partial charge in [0.05, 0.1) is 13.1 Å². The first-order valence-corrected chi connectivity index (χ1v) is 8.96. The summed E-state index contributed by atoms with van der Waals surface area (Å²) in [6, 6.07) is 0. The van der Waals surface area contributed by atoms with Crippen LogP contribution in [0.5, 0.6) is 0 Å². The molecule has 0 bridgehead atoms. The molecule has 4 nitrogen and oxygen atoms in total. The van der Waals surface area contributed by atoms with Crippen LogP contribution in [0.3, 0.4) is 0 Å². The van der Waals surface area contributed by atoms with E-state index in [9.17, 15) is 25.2 Å². The van der Waals surface area contributed by atoms with E-state index in [1.807, 2.05) is 12.4 Å². The third-order valence-corrected chi connectivity index (χ3v) is 2.91. The molecule has 0 aliphatic rings. The number of imidazole rings is 2. The zero-order valence-electron chi connectivity index (χ0n) is 12.9. The Hall–Kier alpha value is -1.57. The van der Waals surface area contributed by atoms with Gasteiger partial charge in [0.1, 0.15) is 12.4 Å². The van der Waals surface area contributed by atoms with Gasteiger partial charge in [-0.1, -0.05) is 0 Å². The molecule has 2 rings (SSSR count). The summed E-state index contributed by atoms with van der Waals surface area (Å²) in [6.07, 6.45) is 8.13. The Labute approximate surface area is 129 Å². The molecule has 0 amide bonds. The van der Waals surface area contributed by atoms with Crippen LogP contribution in [0.1, 0.15) is 20.8 Å². The number of halogens is 6. The van der Waals surface area contributed by atoms with Gasteiger partial charge in [-0.25, -0.2) is 14.1 Å². The van der Waals surface area contributed by atoms with E-state index in [1.54, 1.807) is 0 Å². The topological polar surface area (TPSA) is 26.6 Å². The number of nitrogens with zero attached hydrogens (tertiary/aromatic N) is 4. The van der Waals surface area contributed by atoms with Gasteiger partial charge in [-0.2, -0.15) is 0 Å². The average molecular weight is 364 g/mol. The Balaban J connectivity index is 0.000000322. The number of aryl methyl sites for hydroxylation is 3. The predicted molar refractivity (Wildman–Crippen MR) is 76.4 cm³/mol. The summed E-state index contributed by atoms with van der Waals surface area (Å²) in [5.74, 6) is 2.24. The monoisotopic (exact) mass is 364 g/mol. The zero-order valence-corrected chi connectivity index (χ0v) is 13.8. The van der Waals surface area contributed by atoms with Crippen LogP contribution in [0.25, 0.3) is 11.6 Å². The second kappa shape index (κ2) is 5.81. The molecular weight excluding hydrogens is 345 g/mol. The minimum absolute atomic E-state index is 0.952. The van der Waals surface area contributed by atoms with E-state index >= 15 is 0 Å². The molecule has 2 aromatic rings. The van der Waals surface area contributed by atoms with Crippen LogP contribution in [0.4, 0.5) is 25.2 Å². The maximum atomic E-state index is 9.87. The van der Waals surface area contributed by atoms with Gasteiger partial charge >= 0.3 is 38.8 Å². The van der Waals surface area contributed by atoms with Gasteiger partial charge in [-0.05, 0) is 20.8 Å². The molecule has 0 aliphatic carbocycles. The van der Waals surface area contributed by atoms with Crippen LogP contribution in [0.15, 0.2) is 24.8 Å². The van der Waals surface area contributed by atoms with Crippen molar-refractivity contribution in [1.29, 1.82) is 0 Å². The van der Waals surface area contributed by atoms with Crippen LogP contribution >= 0.6 is 7.81 Å². The first kappa shape index (κ1) is 19.5. The van der Waals surface area contributed by atoms with E-state index in [0.29, 0.717) is 0 Å². The maximum absolute atomic E-state index is 10.7. The van der Waals surface area contributed by atoms with Gasteiger partial charge in [0, 0.05) is 18.9 Å². The third-order valence-electron chi connectivity index (χ3n) is 2.91. The second-order valence-corrected chi connectivity index (χ2v) is 6.61. The van der Waals surface area contributed by atoms with Crippen LogP contribution < -0.4 is 4.57 Å². The first-order chi connectivity index (χ1) is 10.3. The van der Waals surface area contributed by atoms with Crippen molar-refractivity contribution in [2.24, 2.45) is 0 Å². The Bertz CT molecular complexity index is 625. The number of aromatic nitrogens is 4. The van der Waals surface area contributed by atoms with Gasteiger partial charge < -0.3 is 4.57 Å². The molecular formula is C12H19F6N4P. The molecule has 2 aromatic heterocycles. The molecule has 11 heteroatoms. The van der Waals surface area contributed by atoms with Gasteiger partial charge in [-0.3, -0.25) is 0 Å².